The molecular formula is C23H34ClIN2O4S3. The van der Waals surface area contributed by atoms with E-state index in [1.807, 2.05) is 27.7 Å². The van der Waals surface area contributed by atoms with Gasteiger partial charge in [-0.1, -0.05) is 39.3 Å². The van der Waals surface area contributed by atoms with Crippen LogP contribution in [0.4, 0.5) is 4.79 Å². The molecular weight excluding hydrogens is 627 g/mol. The van der Waals surface area contributed by atoms with E-state index in [2.05, 4.69) is 37.7 Å². The highest BCUT2D eigenvalue weighted by atomic mass is 127. The zero-order valence-corrected chi connectivity index (χ0v) is 26.3. The largest absolute Gasteiger partial charge is 0.444 e. The van der Waals surface area contributed by atoms with E-state index in [-0.39, 0.29) is 11.6 Å². The van der Waals surface area contributed by atoms with E-state index in [0.29, 0.717) is 22.7 Å². The Hall–Kier alpha value is -0.480. The maximum absolute atomic E-state index is 13.4. The number of alkyl carbamates (subject to hydrolysis) is 1. The average molecular weight is 661 g/mol. The van der Waals surface area contributed by atoms with Gasteiger partial charge >= 0.3 is 6.09 Å². The van der Waals surface area contributed by atoms with Crippen molar-refractivity contribution in [1.82, 2.24) is 5.32 Å². The van der Waals surface area contributed by atoms with Crippen molar-refractivity contribution in [2.45, 2.75) is 90.5 Å². The molecule has 192 valence electrons. The minimum absolute atomic E-state index is 0.150. The topological polar surface area (TPSA) is 84.8 Å². The molecule has 0 unspecified atom stereocenters. The van der Waals surface area contributed by atoms with E-state index >= 15 is 0 Å². The number of carbonyl (C=O) groups excluding carboxylic acids is 1. The Balaban J connectivity index is 0.00000137. The summed E-state index contributed by atoms with van der Waals surface area (Å²) in [4.78, 5) is 18.6. The molecule has 1 fully saturated rings. The number of amidine groups is 1. The zero-order valence-electron chi connectivity index (χ0n) is 21.0. The van der Waals surface area contributed by atoms with E-state index in [9.17, 15) is 13.2 Å². The molecule has 0 radical (unpaired) electrons. The van der Waals surface area contributed by atoms with Gasteiger partial charge in [-0.15, -0.1) is 11.3 Å². The Kier molecular flexibility index (Phi) is 11.7. The summed E-state index contributed by atoms with van der Waals surface area (Å²) in [6.07, 6.45) is 0.914. The van der Waals surface area contributed by atoms with Crippen molar-refractivity contribution in [2.24, 2.45) is 4.99 Å². The molecule has 1 atom stereocenters. The highest BCUT2D eigenvalue weighted by molar-refractivity contribution is 14.2. The lowest BCUT2D eigenvalue weighted by Gasteiger charge is -2.47. The van der Waals surface area contributed by atoms with Crippen LogP contribution < -0.4 is 5.32 Å². The van der Waals surface area contributed by atoms with Gasteiger partial charge in [-0.3, -0.25) is 10.3 Å². The molecule has 1 amide bonds. The number of halogens is 2. The van der Waals surface area contributed by atoms with E-state index in [1.54, 1.807) is 33.8 Å². The molecule has 0 bridgehead atoms. The predicted molar refractivity (Wildman–Crippen MR) is 155 cm³/mol. The number of rotatable bonds is 1. The summed E-state index contributed by atoms with van der Waals surface area (Å²) < 4.78 is 31.0. The number of aliphatic imine (C=N–C) groups is 1. The van der Waals surface area contributed by atoms with Crippen molar-refractivity contribution in [3.63, 3.8) is 0 Å². The smallest absolute Gasteiger partial charge is 0.413 e. The fourth-order valence-corrected chi connectivity index (χ4v) is 8.26. The molecule has 6 nitrogen and oxygen atoms in total. The minimum Gasteiger partial charge on any atom is -0.444 e. The van der Waals surface area contributed by atoms with Crippen molar-refractivity contribution in [1.29, 1.82) is 0 Å². The van der Waals surface area contributed by atoms with Gasteiger partial charge in [0.1, 0.15) is 21.7 Å². The number of carbonyl (C=O) groups is 1. The summed E-state index contributed by atoms with van der Waals surface area (Å²) in [6.45, 7) is 15.0. The second-order valence-corrected chi connectivity index (χ2v) is 14.0. The van der Waals surface area contributed by atoms with Crippen LogP contribution in [0.2, 0.25) is 5.02 Å². The lowest BCUT2D eigenvalue weighted by atomic mass is 9.82. The molecule has 1 aliphatic heterocycles. The Labute approximate surface area is 229 Å². The van der Waals surface area contributed by atoms with Gasteiger partial charge < -0.3 is 4.74 Å². The number of amides is 1. The quantitative estimate of drug-likeness (QED) is 0.252. The molecule has 11 heteroatoms. The van der Waals surface area contributed by atoms with Crippen molar-refractivity contribution >= 4 is 74.8 Å². The van der Waals surface area contributed by atoms with E-state index < -0.39 is 31.8 Å². The minimum atomic E-state index is -3.60. The molecule has 2 heterocycles. The van der Waals surface area contributed by atoms with Crippen molar-refractivity contribution in [3.05, 3.63) is 20.8 Å². The molecule has 1 spiro atoms. The molecule has 2 aliphatic rings. The third-order valence-corrected chi connectivity index (χ3v) is 10.3. The van der Waals surface area contributed by atoms with Crippen LogP contribution in [0.5, 0.6) is 0 Å². The third kappa shape index (κ3) is 7.05. The van der Waals surface area contributed by atoms with Gasteiger partial charge in [0.15, 0.2) is 9.84 Å². The molecule has 3 rings (SSSR count). The van der Waals surface area contributed by atoms with Crippen LogP contribution in [0.25, 0.3) is 0 Å². The Bertz CT molecular complexity index is 1060. The van der Waals surface area contributed by atoms with Crippen LogP contribution in [0.3, 0.4) is 0 Å². The molecule has 1 aliphatic carbocycles. The van der Waals surface area contributed by atoms with Gasteiger partial charge in [0.25, 0.3) is 0 Å². The third-order valence-electron chi connectivity index (χ3n) is 5.03. The first-order valence-electron chi connectivity index (χ1n) is 11.2. The van der Waals surface area contributed by atoms with Gasteiger partial charge in [-0.2, -0.15) is 0 Å². The number of hydrogen-bond donors (Lipinski definition) is 1. The summed E-state index contributed by atoms with van der Waals surface area (Å²) in [6, 6.07) is 1.73. The van der Waals surface area contributed by atoms with Crippen LogP contribution in [0.15, 0.2) is 11.1 Å². The number of ether oxygens (including phenoxy) is 1. The fourth-order valence-electron chi connectivity index (χ4n) is 3.61. The van der Waals surface area contributed by atoms with Crippen molar-refractivity contribution in [3.8, 4) is 11.2 Å². The highest BCUT2D eigenvalue weighted by Gasteiger charge is 2.59. The summed E-state index contributed by atoms with van der Waals surface area (Å²) in [5.74, 6) is 2.97. The van der Waals surface area contributed by atoms with E-state index in [0.717, 1.165) is 11.3 Å². The predicted octanol–water partition coefficient (Wildman–Crippen LogP) is 7.34. The molecule has 0 saturated heterocycles. The van der Waals surface area contributed by atoms with Gasteiger partial charge in [-0.25, -0.2) is 13.2 Å². The maximum Gasteiger partial charge on any atom is 0.413 e. The number of nitrogens with one attached hydrogen (secondary N) is 1. The van der Waals surface area contributed by atoms with Gasteiger partial charge in [0.05, 0.1) is 20.5 Å². The summed E-state index contributed by atoms with van der Waals surface area (Å²) >= 11 is 9.86. The zero-order chi connectivity index (χ0) is 26.4. The van der Waals surface area contributed by atoms with Crippen LogP contribution >= 0.6 is 53.1 Å². The second kappa shape index (κ2) is 12.7. The van der Waals surface area contributed by atoms with E-state index in [1.165, 1.54) is 20.3 Å². The highest BCUT2D eigenvalue weighted by Crippen LogP contribution is 2.49. The molecule has 34 heavy (non-hydrogen) atoms. The first-order valence-corrected chi connectivity index (χ1v) is 17.4. The Morgan fingerprint density at radius 2 is 1.88 bits per heavy atom. The SMILES string of the molecule is CC.CC.CC(C)(C)OC(=O)NC1=N[C@](C)(c2sc(C#CSI)cc2Cl)CS(=O)(=O)C12CCC2. The fraction of sp³-hybridized carbons (Fsp3) is 0.652. The lowest BCUT2D eigenvalue weighted by Crippen LogP contribution is -2.63. The van der Waals surface area contributed by atoms with Crippen LogP contribution in [-0.4, -0.2) is 36.4 Å². The van der Waals surface area contributed by atoms with E-state index in [4.69, 9.17) is 21.3 Å². The number of hydrogen-bond acceptors (Lipinski definition) is 7. The lowest BCUT2D eigenvalue weighted by molar-refractivity contribution is 0.0559. The first-order chi connectivity index (χ1) is 15.8. The average Bonchev–Trinajstić information content (AvgIpc) is 3.07. The van der Waals surface area contributed by atoms with Crippen LogP contribution in [0.1, 0.15) is 84.4 Å². The molecule has 0 aromatic carbocycles. The Morgan fingerprint density at radius 1 is 1.29 bits per heavy atom. The van der Waals surface area contributed by atoms with Gasteiger partial charge in [0, 0.05) is 21.2 Å². The number of nitrogens with zero attached hydrogens (tertiary/aromatic N) is 1. The summed E-state index contributed by atoms with van der Waals surface area (Å²) in [5, 5.41) is 5.97. The van der Waals surface area contributed by atoms with Gasteiger partial charge in [0.2, 0.25) is 0 Å². The molecule has 1 aromatic heterocycles. The summed E-state index contributed by atoms with van der Waals surface area (Å²) in [7, 11) is -2.24. The molecule has 1 N–H and O–H groups in total. The van der Waals surface area contributed by atoms with Crippen molar-refractivity contribution < 1.29 is 17.9 Å². The summed E-state index contributed by atoms with van der Waals surface area (Å²) in [5.41, 5.74) is -1.83. The van der Waals surface area contributed by atoms with Gasteiger partial charge in [-0.05, 0) is 73.1 Å². The standard InChI is InChI=1S/C19H22ClIN2O4S3.2C2H6/c1-17(2,3)27-16(24)22-15-19(7-5-8-19)30(25,26)11-18(4,23-15)14-13(20)10-12(29-14)6-9-28-21;2*1-2/h10H,5,7-8,11H2,1-4H3,(H,22,23,24);2*1-2H3/t18-;;/m0../s1. The Morgan fingerprint density at radius 3 is 2.35 bits per heavy atom. The second-order valence-electron chi connectivity index (χ2n) is 8.56. The first kappa shape index (κ1) is 31.5. The number of thiophene rings is 1. The number of sulfone groups is 1. The molecule has 1 saturated carbocycles. The normalized spacial score (nSPS) is 21.8. The molecule has 1 aromatic rings. The van der Waals surface area contributed by atoms with Crippen molar-refractivity contribution in [2.75, 3.05) is 5.75 Å². The van der Waals surface area contributed by atoms with Crippen LogP contribution in [-0.2, 0) is 20.1 Å². The van der Waals surface area contributed by atoms with Crippen LogP contribution in [0, 0.1) is 11.2 Å². The monoisotopic (exact) mass is 660 g/mol. The maximum atomic E-state index is 13.4.